The second kappa shape index (κ2) is 7.36. The van der Waals surface area contributed by atoms with Gasteiger partial charge in [0.2, 0.25) is 0 Å². The molecule has 0 amide bonds. The van der Waals surface area contributed by atoms with Crippen LogP contribution in [0.2, 0.25) is 0 Å². The van der Waals surface area contributed by atoms with Crippen LogP contribution in [0.25, 0.3) is 5.57 Å². The molecule has 136 valence electrons. The normalized spacial score (nSPS) is 15.7. The summed E-state index contributed by atoms with van der Waals surface area (Å²) >= 11 is 0. The Balaban J connectivity index is 2.08. The molecule has 3 nitrogen and oxygen atoms in total. The van der Waals surface area contributed by atoms with Gasteiger partial charge in [-0.3, -0.25) is 4.99 Å². The molecule has 0 fully saturated rings. The molecular formula is C23H28N2O. The largest absolute Gasteiger partial charge is 0.496 e. The van der Waals surface area contributed by atoms with E-state index in [-0.39, 0.29) is 5.54 Å². The van der Waals surface area contributed by atoms with Gasteiger partial charge in [0.1, 0.15) is 5.75 Å². The predicted molar refractivity (Wildman–Crippen MR) is 112 cm³/mol. The second-order valence-electron chi connectivity index (χ2n) is 7.34. The third-order valence-corrected chi connectivity index (χ3v) is 4.89. The van der Waals surface area contributed by atoms with E-state index in [2.05, 4.69) is 55.8 Å². The Labute approximate surface area is 157 Å². The Morgan fingerprint density at radius 1 is 1.15 bits per heavy atom. The Morgan fingerprint density at radius 2 is 1.88 bits per heavy atom. The maximum Gasteiger partial charge on any atom is 0.129 e. The van der Waals surface area contributed by atoms with Crippen LogP contribution in [0.4, 0.5) is 11.4 Å². The van der Waals surface area contributed by atoms with Gasteiger partial charge in [-0.15, -0.1) is 0 Å². The van der Waals surface area contributed by atoms with Gasteiger partial charge in [-0.1, -0.05) is 31.2 Å². The third-order valence-electron chi connectivity index (χ3n) is 4.89. The fourth-order valence-electron chi connectivity index (χ4n) is 3.69. The van der Waals surface area contributed by atoms with Crippen LogP contribution in [0, 0.1) is 0 Å². The summed E-state index contributed by atoms with van der Waals surface area (Å²) in [6.07, 6.45) is 5.36. The Hall–Kier alpha value is -2.55. The van der Waals surface area contributed by atoms with E-state index in [1.165, 1.54) is 16.8 Å². The van der Waals surface area contributed by atoms with Crippen molar-refractivity contribution < 1.29 is 4.74 Å². The minimum atomic E-state index is -0.00223. The third kappa shape index (κ3) is 3.52. The van der Waals surface area contributed by atoms with Crippen LogP contribution in [-0.2, 0) is 0 Å². The number of anilines is 1. The molecular weight excluding hydrogens is 320 g/mol. The summed E-state index contributed by atoms with van der Waals surface area (Å²) in [6, 6.07) is 14.3. The molecule has 1 aliphatic rings. The Kier molecular flexibility index (Phi) is 5.17. The highest BCUT2D eigenvalue weighted by Crippen LogP contribution is 2.42. The topological polar surface area (TPSA) is 24.8 Å². The molecule has 3 heteroatoms. The minimum Gasteiger partial charge on any atom is -0.496 e. The van der Waals surface area contributed by atoms with E-state index in [9.17, 15) is 0 Å². The molecule has 1 aliphatic heterocycles. The van der Waals surface area contributed by atoms with Gasteiger partial charge < -0.3 is 9.64 Å². The van der Waals surface area contributed by atoms with Gasteiger partial charge in [-0.2, -0.15) is 0 Å². The van der Waals surface area contributed by atoms with Crippen molar-refractivity contribution in [3.8, 4) is 5.75 Å². The smallest absolute Gasteiger partial charge is 0.129 e. The van der Waals surface area contributed by atoms with Gasteiger partial charge in [0.15, 0.2) is 0 Å². The summed E-state index contributed by atoms with van der Waals surface area (Å²) in [5, 5.41) is 0. The molecule has 0 aliphatic carbocycles. The molecule has 0 aromatic heterocycles. The zero-order valence-corrected chi connectivity index (χ0v) is 16.4. The van der Waals surface area contributed by atoms with Gasteiger partial charge in [0.25, 0.3) is 0 Å². The molecule has 0 atom stereocenters. The number of benzene rings is 2. The van der Waals surface area contributed by atoms with Crippen LogP contribution >= 0.6 is 0 Å². The lowest BCUT2D eigenvalue weighted by Crippen LogP contribution is -2.45. The molecule has 0 radical (unpaired) electrons. The van der Waals surface area contributed by atoms with Crippen molar-refractivity contribution in [1.82, 2.24) is 0 Å². The van der Waals surface area contributed by atoms with E-state index in [1.54, 1.807) is 7.11 Å². The number of methoxy groups -OCH3 is 1. The van der Waals surface area contributed by atoms with E-state index < -0.39 is 0 Å². The summed E-state index contributed by atoms with van der Waals surface area (Å²) < 4.78 is 5.69. The zero-order valence-electron chi connectivity index (χ0n) is 16.4. The molecule has 0 unspecified atom stereocenters. The number of nitrogens with zero attached hydrogens (tertiary/aromatic N) is 2. The summed E-state index contributed by atoms with van der Waals surface area (Å²) in [5.41, 5.74) is 5.73. The lowest BCUT2D eigenvalue weighted by atomic mass is 9.87. The van der Waals surface area contributed by atoms with E-state index in [0.29, 0.717) is 0 Å². The molecule has 2 aromatic rings. The lowest BCUT2D eigenvalue weighted by molar-refractivity contribution is 0.413. The van der Waals surface area contributed by atoms with Crippen molar-refractivity contribution in [2.75, 3.05) is 18.6 Å². The van der Waals surface area contributed by atoms with Crippen molar-refractivity contribution in [2.24, 2.45) is 4.99 Å². The Morgan fingerprint density at radius 3 is 2.54 bits per heavy atom. The fourth-order valence-corrected chi connectivity index (χ4v) is 3.69. The van der Waals surface area contributed by atoms with Crippen LogP contribution < -0.4 is 9.64 Å². The molecule has 0 bridgehead atoms. The monoisotopic (exact) mass is 348 g/mol. The summed E-state index contributed by atoms with van der Waals surface area (Å²) in [5.74, 6) is 0.857. The number of hydrogen-bond donors (Lipinski definition) is 0. The summed E-state index contributed by atoms with van der Waals surface area (Å²) in [4.78, 5) is 7.07. The quantitative estimate of drug-likeness (QED) is 0.632. The minimum absolute atomic E-state index is 0.00223. The number of aliphatic imine (C=N–C) groups is 1. The van der Waals surface area contributed by atoms with Crippen LogP contribution in [0.15, 0.2) is 53.5 Å². The van der Waals surface area contributed by atoms with Crippen LogP contribution in [-0.4, -0.2) is 25.4 Å². The van der Waals surface area contributed by atoms with Gasteiger partial charge >= 0.3 is 0 Å². The maximum atomic E-state index is 5.69. The number of fused-ring (bicyclic) bond motifs is 1. The maximum absolute atomic E-state index is 5.69. The number of ether oxygens (including phenoxy) is 1. The average Bonchev–Trinajstić information content (AvgIpc) is 2.63. The van der Waals surface area contributed by atoms with Crippen molar-refractivity contribution in [1.29, 1.82) is 0 Å². The molecule has 1 heterocycles. The van der Waals surface area contributed by atoms with Crippen LogP contribution in [0.3, 0.4) is 0 Å². The second-order valence-corrected chi connectivity index (χ2v) is 7.34. The molecule has 26 heavy (non-hydrogen) atoms. The van der Waals surface area contributed by atoms with Crippen LogP contribution in [0.5, 0.6) is 5.75 Å². The fraction of sp³-hybridized carbons (Fsp3) is 0.348. The molecule has 0 spiro atoms. The summed E-state index contributed by atoms with van der Waals surface area (Å²) in [6.45, 7) is 9.97. The highest BCUT2D eigenvalue weighted by Gasteiger charge is 2.31. The molecule has 2 aromatic carbocycles. The highest BCUT2D eigenvalue weighted by molar-refractivity contribution is 5.92. The molecule has 0 N–H and O–H groups in total. The zero-order chi connectivity index (χ0) is 18.7. The first kappa shape index (κ1) is 18.2. The van der Waals surface area contributed by atoms with Gasteiger partial charge in [-0.25, -0.2) is 0 Å². The molecule has 0 saturated carbocycles. The standard InChI is InChI=1S/C23H28N2O/c1-6-12-25-21-14-22(26-5)18(16-24-19-10-8-7-9-11-19)13-20(21)17(2)15-23(25,3)4/h7-11,13-16H,6,12H2,1-5H3. The average molecular weight is 348 g/mol. The van der Waals surface area contributed by atoms with Crippen molar-refractivity contribution >= 4 is 23.2 Å². The first-order chi connectivity index (χ1) is 12.5. The van der Waals surface area contributed by atoms with Crippen molar-refractivity contribution in [3.63, 3.8) is 0 Å². The number of hydrogen-bond acceptors (Lipinski definition) is 3. The van der Waals surface area contributed by atoms with Gasteiger partial charge in [0.05, 0.1) is 18.3 Å². The SMILES string of the molecule is CCCN1c2cc(OC)c(C=Nc3ccccc3)cc2C(C)=CC1(C)C. The number of rotatable bonds is 5. The van der Waals surface area contributed by atoms with E-state index in [0.717, 1.165) is 30.0 Å². The predicted octanol–water partition coefficient (Wildman–Crippen LogP) is 5.86. The van der Waals surface area contributed by atoms with Gasteiger partial charge in [-0.05, 0) is 51.0 Å². The van der Waals surface area contributed by atoms with Crippen LogP contribution in [0.1, 0.15) is 45.2 Å². The molecule has 3 rings (SSSR count). The highest BCUT2D eigenvalue weighted by atomic mass is 16.5. The number of para-hydroxylation sites is 1. The van der Waals surface area contributed by atoms with Gasteiger partial charge in [0, 0.05) is 35.6 Å². The van der Waals surface area contributed by atoms with E-state index in [4.69, 9.17) is 4.74 Å². The van der Waals surface area contributed by atoms with Crippen molar-refractivity contribution in [2.45, 2.75) is 39.7 Å². The molecule has 0 saturated heterocycles. The van der Waals surface area contributed by atoms with E-state index >= 15 is 0 Å². The van der Waals surface area contributed by atoms with Crippen molar-refractivity contribution in [3.05, 3.63) is 59.7 Å². The first-order valence-corrected chi connectivity index (χ1v) is 9.25. The lowest BCUT2D eigenvalue weighted by Gasteiger charge is -2.43. The summed E-state index contributed by atoms with van der Waals surface area (Å²) in [7, 11) is 1.72. The van der Waals surface area contributed by atoms with E-state index in [1.807, 2.05) is 36.5 Å². The first-order valence-electron chi connectivity index (χ1n) is 9.25. The Bertz CT molecular complexity index is 835. The number of allylic oxidation sites excluding steroid dienone is 1.